The van der Waals surface area contributed by atoms with Crippen LogP contribution in [-0.2, 0) is 0 Å². The number of halogens is 2. The summed E-state index contributed by atoms with van der Waals surface area (Å²) < 4.78 is 16.2. The van der Waals surface area contributed by atoms with Gasteiger partial charge in [0.1, 0.15) is 5.82 Å². The van der Waals surface area contributed by atoms with Gasteiger partial charge in [-0.3, -0.25) is 19.0 Å². The van der Waals surface area contributed by atoms with Gasteiger partial charge in [-0.15, -0.1) is 0 Å². The monoisotopic (exact) mass is 540 g/mol. The molecule has 2 atom stereocenters. The van der Waals surface area contributed by atoms with E-state index in [-0.39, 0.29) is 42.6 Å². The fourth-order valence-electron chi connectivity index (χ4n) is 4.68. The first-order valence-corrected chi connectivity index (χ1v) is 12.1. The van der Waals surface area contributed by atoms with Crippen LogP contribution in [0, 0.1) is 5.82 Å². The molecule has 0 aliphatic heterocycles. The molecule has 2 heterocycles. The number of nitrogens with one attached hydrogen (secondary N) is 3. The maximum absolute atomic E-state index is 14.9. The van der Waals surface area contributed by atoms with Crippen molar-refractivity contribution in [2.45, 2.75) is 37.8 Å². The van der Waals surface area contributed by atoms with E-state index in [1.807, 2.05) is 0 Å². The molecule has 1 unspecified atom stereocenters. The third-order valence-corrected chi connectivity index (χ3v) is 6.90. The first kappa shape index (κ1) is 26.5. The van der Waals surface area contributed by atoms with Crippen molar-refractivity contribution in [2.24, 2.45) is 0 Å². The molecule has 2 amide bonds. The zero-order valence-electron chi connectivity index (χ0n) is 19.8. The number of aromatic nitrogens is 2. The number of carbonyl (C=O) groups excluding carboxylic acids is 2. The molecule has 0 bridgehead atoms. The second kappa shape index (κ2) is 11.2. The molecule has 1 aliphatic carbocycles. The van der Waals surface area contributed by atoms with E-state index in [1.165, 1.54) is 35.0 Å². The molecule has 0 radical (unpaired) electrons. The Bertz CT molecular complexity index is 1520. The lowest BCUT2D eigenvalue weighted by Gasteiger charge is -2.33. The Kier molecular flexibility index (Phi) is 8.04. The third-order valence-electron chi connectivity index (χ3n) is 6.59. The van der Waals surface area contributed by atoms with Crippen molar-refractivity contribution in [3.63, 3.8) is 0 Å². The molecule has 3 N–H and O–H groups in total. The number of aromatic amines is 1. The van der Waals surface area contributed by atoms with Crippen molar-refractivity contribution in [3.05, 3.63) is 99.3 Å². The van der Waals surface area contributed by atoms with Crippen molar-refractivity contribution < 1.29 is 14.0 Å². The lowest BCUT2D eigenvalue weighted by atomic mass is 9.89. The molecule has 37 heavy (non-hydrogen) atoms. The molecule has 0 saturated heterocycles. The van der Waals surface area contributed by atoms with Gasteiger partial charge < -0.3 is 15.6 Å². The summed E-state index contributed by atoms with van der Waals surface area (Å²) >= 11 is 6.12. The summed E-state index contributed by atoms with van der Waals surface area (Å²) in [6, 6.07) is 13.3. The number of H-pyrrole nitrogens is 1. The van der Waals surface area contributed by atoms with Crippen LogP contribution in [0.5, 0.6) is 0 Å². The standard InChI is InChI=1S/C27H24ClFN4O3.H2S/c28-20-15-30-24-13-16(8-10-18(20)24)26(35)31-22-5-1-2-6-23(22)32-27(36)19-11-9-17(14-21(19)29)33-12-4-3-7-25(33)34;/h3-4,7-15,22-23,30H,1-2,5-6H2,(H,31,35)(H,32,36);1H2/t22-,23?;/m1./s1. The normalized spacial score (nSPS) is 17.1. The molecule has 5 rings (SSSR count). The van der Waals surface area contributed by atoms with Gasteiger partial charge in [0.25, 0.3) is 17.4 Å². The van der Waals surface area contributed by atoms with E-state index in [4.69, 9.17) is 11.6 Å². The molecule has 1 fully saturated rings. The smallest absolute Gasteiger partial charge is 0.255 e. The zero-order valence-corrected chi connectivity index (χ0v) is 21.5. The number of fused-ring (bicyclic) bond motifs is 1. The Morgan fingerprint density at radius 3 is 2.41 bits per heavy atom. The minimum atomic E-state index is -0.727. The van der Waals surface area contributed by atoms with E-state index in [9.17, 15) is 18.8 Å². The van der Waals surface area contributed by atoms with Crippen LogP contribution in [-0.4, -0.2) is 33.4 Å². The van der Waals surface area contributed by atoms with Gasteiger partial charge in [0.05, 0.1) is 16.3 Å². The largest absolute Gasteiger partial charge is 0.360 e. The minimum absolute atomic E-state index is 0. The lowest BCUT2D eigenvalue weighted by Crippen LogP contribution is -2.53. The molecule has 192 valence electrons. The maximum Gasteiger partial charge on any atom is 0.255 e. The fourth-order valence-corrected chi connectivity index (χ4v) is 4.90. The molecule has 2 aromatic heterocycles. The SMILES string of the molecule is O=C(N[C@@H]1CCCCC1NC(=O)c1ccc(-n2ccccc2=O)cc1F)c1ccc2c(Cl)c[nH]c2c1.S. The van der Waals surface area contributed by atoms with Gasteiger partial charge in [-0.1, -0.05) is 36.6 Å². The predicted octanol–water partition coefficient (Wildman–Crippen LogP) is 4.70. The van der Waals surface area contributed by atoms with Crippen LogP contribution >= 0.6 is 25.1 Å². The molecule has 10 heteroatoms. The number of hydrogen-bond acceptors (Lipinski definition) is 3. The number of carbonyl (C=O) groups is 2. The van der Waals surface area contributed by atoms with E-state index in [2.05, 4.69) is 15.6 Å². The summed E-state index contributed by atoms with van der Waals surface area (Å²) in [6.07, 6.45) is 6.38. The van der Waals surface area contributed by atoms with E-state index < -0.39 is 11.7 Å². The van der Waals surface area contributed by atoms with Gasteiger partial charge in [-0.25, -0.2) is 4.39 Å². The van der Waals surface area contributed by atoms with Crippen molar-refractivity contribution in [1.29, 1.82) is 0 Å². The highest BCUT2D eigenvalue weighted by molar-refractivity contribution is 7.59. The minimum Gasteiger partial charge on any atom is -0.360 e. The summed E-state index contributed by atoms with van der Waals surface area (Å²) in [5.41, 5.74) is 1.16. The average molecular weight is 541 g/mol. The first-order valence-electron chi connectivity index (χ1n) is 11.8. The van der Waals surface area contributed by atoms with Gasteiger partial charge in [0.15, 0.2) is 0 Å². The molecule has 1 saturated carbocycles. The third kappa shape index (κ3) is 5.57. The highest BCUT2D eigenvalue weighted by atomic mass is 35.5. The maximum atomic E-state index is 14.9. The molecule has 0 spiro atoms. The topological polar surface area (TPSA) is 96.0 Å². The van der Waals surface area contributed by atoms with Crippen LogP contribution in [0.15, 0.2) is 71.8 Å². The second-order valence-electron chi connectivity index (χ2n) is 8.91. The summed E-state index contributed by atoms with van der Waals surface area (Å²) in [4.78, 5) is 41.0. The molecular formula is C27H26ClFN4O3S. The van der Waals surface area contributed by atoms with Crippen molar-refractivity contribution in [1.82, 2.24) is 20.2 Å². The number of benzene rings is 2. The number of amides is 2. The molecule has 7 nitrogen and oxygen atoms in total. The Hall–Kier alpha value is -3.56. The average Bonchev–Trinajstić information content (AvgIpc) is 3.25. The van der Waals surface area contributed by atoms with Gasteiger partial charge in [0, 0.05) is 47.0 Å². The summed E-state index contributed by atoms with van der Waals surface area (Å²) in [7, 11) is 0. The highest BCUT2D eigenvalue weighted by Gasteiger charge is 2.29. The Balaban J connectivity index is 0.00000320. The van der Waals surface area contributed by atoms with Crippen LogP contribution in [0.1, 0.15) is 46.4 Å². The molecular weight excluding hydrogens is 515 g/mol. The molecule has 1 aliphatic rings. The van der Waals surface area contributed by atoms with E-state index in [1.54, 1.807) is 36.5 Å². The summed E-state index contributed by atoms with van der Waals surface area (Å²) in [5, 5.41) is 7.35. The highest BCUT2D eigenvalue weighted by Crippen LogP contribution is 2.25. The Morgan fingerprint density at radius 1 is 0.973 bits per heavy atom. The second-order valence-corrected chi connectivity index (χ2v) is 9.32. The Labute approximate surface area is 224 Å². The predicted molar refractivity (Wildman–Crippen MR) is 147 cm³/mol. The van der Waals surface area contributed by atoms with Crippen LogP contribution in [0.25, 0.3) is 16.6 Å². The quantitative estimate of drug-likeness (QED) is 0.342. The lowest BCUT2D eigenvalue weighted by molar-refractivity contribution is 0.0860. The van der Waals surface area contributed by atoms with E-state index >= 15 is 0 Å². The number of nitrogens with zero attached hydrogens (tertiary/aromatic N) is 1. The van der Waals surface area contributed by atoms with Crippen molar-refractivity contribution >= 4 is 47.8 Å². The van der Waals surface area contributed by atoms with Crippen LogP contribution in [0.2, 0.25) is 5.02 Å². The van der Waals surface area contributed by atoms with Gasteiger partial charge in [0.2, 0.25) is 0 Å². The number of pyridine rings is 1. The van der Waals surface area contributed by atoms with Crippen LogP contribution in [0.4, 0.5) is 4.39 Å². The first-order chi connectivity index (χ1) is 17.4. The number of hydrogen-bond donors (Lipinski definition) is 3. The number of rotatable bonds is 5. The van der Waals surface area contributed by atoms with Crippen LogP contribution in [0.3, 0.4) is 0 Å². The summed E-state index contributed by atoms with van der Waals surface area (Å²) in [5.74, 6) is -1.54. The zero-order chi connectivity index (χ0) is 25.2. The fraction of sp³-hybridized carbons (Fsp3) is 0.222. The molecule has 4 aromatic rings. The van der Waals surface area contributed by atoms with Gasteiger partial charge in [-0.2, -0.15) is 13.5 Å². The van der Waals surface area contributed by atoms with Crippen LogP contribution < -0.4 is 16.2 Å². The van der Waals surface area contributed by atoms with Crippen molar-refractivity contribution in [3.8, 4) is 5.69 Å². The molecule has 2 aromatic carbocycles. The van der Waals surface area contributed by atoms with E-state index in [0.717, 1.165) is 23.7 Å². The summed E-state index contributed by atoms with van der Waals surface area (Å²) in [6.45, 7) is 0. The Morgan fingerprint density at radius 2 is 1.70 bits per heavy atom. The van der Waals surface area contributed by atoms with Crippen molar-refractivity contribution in [2.75, 3.05) is 0 Å². The van der Waals surface area contributed by atoms with Gasteiger partial charge >= 0.3 is 0 Å². The van der Waals surface area contributed by atoms with Gasteiger partial charge in [-0.05, 0) is 49.2 Å². The van der Waals surface area contributed by atoms with E-state index in [0.29, 0.717) is 29.1 Å².